The molecule has 0 bridgehead atoms. The van der Waals surface area contributed by atoms with Gasteiger partial charge in [-0.05, 0) is 43.5 Å². The van der Waals surface area contributed by atoms with E-state index in [0.29, 0.717) is 0 Å². The van der Waals surface area contributed by atoms with E-state index in [0.717, 1.165) is 53.8 Å². The van der Waals surface area contributed by atoms with Crippen molar-refractivity contribution < 1.29 is 0 Å². The van der Waals surface area contributed by atoms with Gasteiger partial charge in [0, 0.05) is 32.7 Å². The lowest BCUT2D eigenvalue weighted by Gasteiger charge is -2.32. The first-order valence-corrected chi connectivity index (χ1v) is 7.41. The molecule has 2 rings (SSSR count). The molecule has 5 nitrogen and oxygen atoms in total. The first kappa shape index (κ1) is 13.8. The zero-order valence-electron chi connectivity index (χ0n) is 11.2. The molecule has 0 aromatic carbocycles. The summed E-state index contributed by atoms with van der Waals surface area (Å²) in [5.41, 5.74) is 1.05. The van der Waals surface area contributed by atoms with E-state index in [9.17, 15) is 0 Å². The van der Waals surface area contributed by atoms with Gasteiger partial charge in [0.05, 0.1) is 9.26 Å². The Balaban J connectivity index is 2.22. The number of likely N-dealkylation sites (N-methyl/N-ethyl adjacent to an activating group) is 1. The third kappa shape index (κ3) is 3.03. The number of hydrogen-bond acceptors (Lipinski definition) is 5. The number of rotatable bonds is 3. The molecule has 0 unspecified atom stereocenters. The highest BCUT2D eigenvalue weighted by atomic mass is 127. The Hall–Kier alpha value is -0.630. The first-order valence-electron chi connectivity index (χ1n) is 6.33. The molecule has 1 aliphatic rings. The molecule has 18 heavy (non-hydrogen) atoms. The highest BCUT2D eigenvalue weighted by molar-refractivity contribution is 14.1. The van der Waals surface area contributed by atoms with E-state index in [2.05, 4.69) is 61.6 Å². The fraction of sp³-hybridized carbons (Fsp3) is 0.667. The molecule has 0 saturated carbocycles. The molecule has 0 aliphatic carbocycles. The Morgan fingerprint density at radius 3 is 2.50 bits per heavy atom. The van der Waals surface area contributed by atoms with E-state index in [1.807, 2.05) is 6.92 Å². The van der Waals surface area contributed by atoms with Crippen LogP contribution in [-0.2, 0) is 0 Å². The summed E-state index contributed by atoms with van der Waals surface area (Å²) in [5.74, 6) is 1.82. The molecular weight excluding hydrogens is 341 g/mol. The molecule has 0 atom stereocenters. The molecule has 0 spiro atoms. The number of nitrogens with zero attached hydrogens (tertiary/aromatic N) is 4. The molecule has 0 amide bonds. The van der Waals surface area contributed by atoms with Gasteiger partial charge in [-0.1, -0.05) is 0 Å². The van der Waals surface area contributed by atoms with Gasteiger partial charge < -0.3 is 15.1 Å². The summed E-state index contributed by atoms with van der Waals surface area (Å²) in [6.07, 6.45) is 0. The average molecular weight is 361 g/mol. The van der Waals surface area contributed by atoms with Crippen molar-refractivity contribution in [1.82, 2.24) is 14.9 Å². The Morgan fingerprint density at radius 2 is 1.89 bits per heavy atom. The number of hydrogen-bond donors (Lipinski definition) is 1. The molecular formula is C12H20IN5. The van der Waals surface area contributed by atoms with E-state index < -0.39 is 0 Å². The maximum absolute atomic E-state index is 4.65. The van der Waals surface area contributed by atoms with Crippen molar-refractivity contribution in [3.05, 3.63) is 9.26 Å². The molecule has 1 saturated heterocycles. The lowest BCUT2D eigenvalue weighted by Crippen LogP contribution is -2.45. The van der Waals surface area contributed by atoms with Gasteiger partial charge in [-0.25, -0.2) is 4.98 Å². The van der Waals surface area contributed by atoms with Gasteiger partial charge in [0.2, 0.25) is 5.95 Å². The van der Waals surface area contributed by atoms with Crippen molar-refractivity contribution in [2.75, 3.05) is 50.0 Å². The Bertz CT molecular complexity index is 415. The molecule has 0 radical (unpaired) electrons. The predicted octanol–water partition coefficient (Wildman–Crippen LogP) is 1.57. The Morgan fingerprint density at radius 1 is 1.22 bits per heavy atom. The summed E-state index contributed by atoms with van der Waals surface area (Å²) in [6, 6.07) is 0. The fourth-order valence-electron chi connectivity index (χ4n) is 1.98. The Labute approximate surface area is 122 Å². The van der Waals surface area contributed by atoms with Crippen LogP contribution >= 0.6 is 22.6 Å². The summed E-state index contributed by atoms with van der Waals surface area (Å²) >= 11 is 2.30. The van der Waals surface area contributed by atoms with Gasteiger partial charge in [0.15, 0.2) is 0 Å². The number of anilines is 2. The van der Waals surface area contributed by atoms with Crippen LogP contribution in [0, 0.1) is 10.5 Å². The van der Waals surface area contributed by atoms with Gasteiger partial charge in [0.1, 0.15) is 5.82 Å². The molecule has 1 N–H and O–H groups in total. The molecule has 100 valence electrons. The smallest absolute Gasteiger partial charge is 0.227 e. The van der Waals surface area contributed by atoms with Crippen LogP contribution in [0.25, 0.3) is 0 Å². The molecule has 1 aromatic rings. The van der Waals surface area contributed by atoms with Crippen molar-refractivity contribution in [1.29, 1.82) is 0 Å². The largest absolute Gasteiger partial charge is 0.369 e. The van der Waals surface area contributed by atoms with E-state index in [1.54, 1.807) is 0 Å². The van der Waals surface area contributed by atoms with Crippen LogP contribution in [0.4, 0.5) is 11.8 Å². The topological polar surface area (TPSA) is 44.3 Å². The first-order chi connectivity index (χ1) is 8.61. The summed E-state index contributed by atoms with van der Waals surface area (Å²) in [4.78, 5) is 13.9. The number of aryl methyl sites for hydroxylation is 1. The lowest BCUT2D eigenvalue weighted by atomic mass is 10.3. The minimum absolute atomic E-state index is 0.858. The van der Waals surface area contributed by atoms with Gasteiger partial charge in [0.25, 0.3) is 0 Å². The second-order valence-corrected chi connectivity index (χ2v) is 5.67. The molecule has 2 heterocycles. The van der Waals surface area contributed by atoms with Crippen LogP contribution in [-0.4, -0.2) is 54.6 Å². The van der Waals surface area contributed by atoms with Gasteiger partial charge >= 0.3 is 0 Å². The molecule has 1 aromatic heterocycles. The fourth-order valence-corrected chi connectivity index (χ4v) is 2.41. The van der Waals surface area contributed by atoms with E-state index in [4.69, 9.17) is 0 Å². The van der Waals surface area contributed by atoms with Crippen molar-refractivity contribution in [3.63, 3.8) is 0 Å². The third-order valence-corrected chi connectivity index (χ3v) is 4.43. The van der Waals surface area contributed by atoms with Crippen molar-refractivity contribution in [2.24, 2.45) is 0 Å². The second kappa shape index (κ2) is 6.01. The lowest BCUT2D eigenvalue weighted by molar-refractivity contribution is 0.311. The highest BCUT2D eigenvalue weighted by Gasteiger charge is 2.18. The van der Waals surface area contributed by atoms with E-state index in [1.165, 1.54) is 0 Å². The average Bonchev–Trinajstić information content (AvgIpc) is 2.36. The zero-order chi connectivity index (χ0) is 13.1. The number of piperazine rings is 1. The van der Waals surface area contributed by atoms with E-state index in [-0.39, 0.29) is 0 Å². The number of halogens is 1. The van der Waals surface area contributed by atoms with Gasteiger partial charge in [-0.15, -0.1) is 0 Å². The van der Waals surface area contributed by atoms with Crippen molar-refractivity contribution >= 4 is 34.4 Å². The molecule has 6 heteroatoms. The summed E-state index contributed by atoms with van der Waals surface area (Å²) in [5, 5.41) is 3.31. The van der Waals surface area contributed by atoms with Crippen LogP contribution in [0.1, 0.15) is 12.6 Å². The van der Waals surface area contributed by atoms with Crippen LogP contribution in [0.2, 0.25) is 0 Å². The van der Waals surface area contributed by atoms with Gasteiger partial charge in [-0.3, -0.25) is 0 Å². The minimum atomic E-state index is 0.858. The van der Waals surface area contributed by atoms with E-state index >= 15 is 0 Å². The van der Waals surface area contributed by atoms with Crippen LogP contribution in [0.5, 0.6) is 0 Å². The molecule has 1 fully saturated rings. The summed E-state index contributed by atoms with van der Waals surface area (Å²) < 4.78 is 1.12. The Kier molecular flexibility index (Phi) is 4.60. The normalized spacial score (nSPS) is 17.0. The maximum Gasteiger partial charge on any atom is 0.227 e. The second-order valence-electron chi connectivity index (χ2n) is 4.59. The minimum Gasteiger partial charge on any atom is -0.369 e. The quantitative estimate of drug-likeness (QED) is 0.829. The number of nitrogens with one attached hydrogen (secondary N) is 1. The van der Waals surface area contributed by atoms with Crippen molar-refractivity contribution in [2.45, 2.75) is 13.8 Å². The van der Waals surface area contributed by atoms with Crippen LogP contribution in [0.3, 0.4) is 0 Å². The summed E-state index contributed by atoms with van der Waals surface area (Å²) in [7, 11) is 2.15. The van der Waals surface area contributed by atoms with Crippen molar-refractivity contribution in [3.8, 4) is 0 Å². The highest BCUT2D eigenvalue weighted by Crippen LogP contribution is 2.22. The van der Waals surface area contributed by atoms with Crippen LogP contribution < -0.4 is 10.2 Å². The maximum atomic E-state index is 4.65. The third-order valence-electron chi connectivity index (χ3n) is 3.14. The van der Waals surface area contributed by atoms with Crippen LogP contribution in [0.15, 0.2) is 0 Å². The number of aromatic nitrogens is 2. The zero-order valence-corrected chi connectivity index (χ0v) is 13.4. The predicted molar refractivity (Wildman–Crippen MR) is 83.4 cm³/mol. The monoisotopic (exact) mass is 361 g/mol. The molecule has 1 aliphatic heterocycles. The standard InChI is InChI=1S/C12H20IN5/c1-4-14-11-10(13)9(2)15-12(16-11)18-7-5-17(3)6-8-18/h4-8H2,1-3H3,(H,14,15,16). The summed E-state index contributed by atoms with van der Waals surface area (Å²) in [6.45, 7) is 9.17. The van der Waals surface area contributed by atoms with Gasteiger partial charge in [-0.2, -0.15) is 4.98 Å². The SMILES string of the molecule is CCNc1nc(N2CCN(C)CC2)nc(C)c1I.